The monoisotopic (exact) mass is 361 g/mol. The molecule has 132 valence electrons. The number of carbonyl (C=O) groups is 2. The van der Waals surface area contributed by atoms with Gasteiger partial charge < -0.3 is 4.90 Å². The van der Waals surface area contributed by atoms with E-state index in [1.807, 2.05) is 4.90 Å². The van der Waals surface area contributed by atoms with E-state index in [0.717, 1.165) is 25.9 Å². The van der Waals surface area contributed by atoms with Gasteiger partial charge in [-0.25, -0.2) is 4.39 Å². The first-order chi connectivity index (χ1) is 12.0. The molecule has 3 rings (SSSR count). The number of rotatable bonds is 3. The minimum Gasteiger partial charge on any atom is -0.369 e. The zero-order valence-corrected chi connectivity index (χ0v) is 14.9. The van der Waals surface area contributed by atoms with Crippen LogP contribution in [0.2, 0.25) is 0 Å². The molecule has 2 aliphatic rings. The highest BCUT2D eigenvalue weighted by molar-refractivity contribution is 7.80. The van der Waals surface area contributed by atoms with E-state index in [-0.39, 0.29) is 16.5 Å². The highest BCUT2D eigenvalue weighted by atomic mass is 32.1. The average molecular weight is 361 g/mol. The second kappa shape index (κ2) is 7.31. The predicted octanol–water partition coefficient (Wildman–Crippen LogP) is 2.46. The van der Waals surface area contributed by atoms with Gasteiger partial charge >= 0.3 is 0 Å². The second-order valence-electron chi connectivity index (χ2n) is 6.13. The van der Waals surface area contributed by atoms with Crippen molar-refractivity contribution in [3.8, 4) is 0 Å². The summed E-state index contributed by atoms with van der Waals surface area (Å²) >= 11 is 4.99. The van der Waals surface area contributed by atoms with Gasteiger partial charge in [0.1, 0.15) is 11.4 Å². The number of benzene rings is 1. The molecule has 0 aromatic heterocycles. The SMILES string of the molecule is CCN1C(=O)/C(=C/c2ccc(N3CCCCC3)c(F)c2)C(=O)NC1=S. The molecule has 0 bridgehead atoms. The van der Waals surface area contributed by atoms with Crippen LogP contribution in [0.25, 0.3) is 6.08 Å². The maximum absolute atomic E-state index is 14.5. The smallest absolute Gasteiger partial charge is 0.265 e. The fraction of sp³-hybridized carbons (Fsp3) is 0.389. The van der Waals surface area contributed by atoms with Crippen molar-refractivity contribution >= 4 is 40.9 Å². The van der Waals surface area contributed by atoms with Crippen LogP contribution in [0.15, 0.2) is 23.8 Å². The molecule has 2 heterocycles. The fourth-order valence-corrected chi connectivity index (χ4v) is 3.46. The largest absolute Gasteiger partial charge is 0.369 e. The lowest BCUT2D eigenvalue weighted by Crippen LogP contribution is -2.53. The summed E-state index contributed by atoms with van der Waals surface area (Å²) in [7, 11) is 0. The number of hydrogen-bond donors (Lipinski definition) is 1. The molecule has 1 aromatic rings. The number of halogens is 1. The summed E-state index contributed by atoms with van der Waals surface area (Å²) < 4.78 is 14.5. The molecule has 2 saturated heterocycles. The number of piperidine rings is 1. The van der Waals surface area contributed by atoms with Crippen LogP contribution in [0.5, 0.6) is 0 Å². The number of thiocarbonyl (C=S) groups is 1. The quantitative estimate of drug-likeness (QED) is 0.511. The Labute approximate surface area is 151 Å². The summed E-state index contributed by atoms with van der Waals surface area (Å²) in [6, 6.07) is 4.80. The van der Waals surface area contributed by atoms with E-state index in [0.29, 0.717) is 17.8 Å². The molecule has 7 heteroatoms. The summed E-state index contributed by atoms with van der Waals surface area (Å²) in [6.07, 6.45) is 4.71. The second-order valence-corrected chi connectivity index (χ2v) is 6.51. The van der Waals surface area contributed by atoms with E-state index < -0.39 is 11.8 Å². The first-order valence-electron chi connectivity index (χ1n) is 8.44. The summed E-state index contributed by atoms with van der Waals surface area (Å²) in [5.41, 5.74) is 0.999. The third kappa shape index (κ3) is 3.56. The van der Waals surface area contributed by atoms with E-state index in [4.69, 9.17) is 12.2 Å². The Morgan fingerprint density at radius 3 is 2.60 bits per heavy atom. The van der Waals surface area contributed by atoms with Crippen molar-refractivity contribution in [3.63, 3.8) is 0 Å². The molecule has 2 amide bonds. The minimum atomic E-state index is -0.555. The molecule has 2 aliphatic heterocycles. The minimum absolute atomic E-state index is 0.0411. The van der Waals surface area contributed by atoms with Crippen molar-refractivity contribution in [3.05, 3.63) is 35.2 Å². The molecule has 1 N–H and O–H groups in total. The molecular weight excluding hydrogens is 341 g/mol. The van der Waals surface area contributed by atoms with E-state index in [9.17, 15) is 14.0 Å². The van der Waals surface area contributed by atoms with Crippen LogP contribution >= 0.6 is 12.2 Å². The van der Waals surface area contributed by atoms with Crippen molar-refractivity contribution in [2.75, 3.05) is 24.5 Å². The highest BCUT2D eigenvalue weighted by Gasteiger charge is 2.32. The molecule has 0 radical (unpaired) electrons. The molecule has 0 spiro atoms. The van der Waals surface area contributed by atoms with Crippen LogP contribution in [-0.2, 0) is 9.59 Å². The van der Waals surface area contributed by atoms with Gasteiger partial charge in [-0.1, -0.05) is 6.07 Å². The lowest BCUT2D eigenvalue weighted by Gasteiger charge is -2.29. The standard InChI is InChI=1S/C18H20FN3O2S/c1-2-22-17(24)13(16(23)20-18(22)25)10-12-6-7-15(14(19)11-12)21-8-4-3-5-9-21/h6-7,10-11H,2-5,8-9H2,1H3,(H,20,23,25)/b13-10+. The molecule has 0 saturated carbocycles. The lowest BCUT2D eigenvalue weighted by atomic mass is 10.1. The summed E-state index contributed by atoms with van der Waals surface area (Å²) in [5.74, 6) is -1.36. The van der Waals surface area contributed by atoms with Crippen LogP contribution in [0.1, 0.15) is 31.7 Å². The zero-order valence-electron chi connectivity index (χ0n) is 14.0. The third-order valence-corrected chi connectivity index (χ3v) is 4.80. The van der Waals surface area contributed by atoms with E-state index in [2.05, 4.69) is 5.32 Å². The van der Waals surface area contributed by atoms with Crippen molar-refractivity contribution in [2.24, 2.45) is 0 Å². The number of carbonyl (C=O) groups excluding carboxylic acids is 2. The molecule has 2 fully saturated rings. The first kappa shape index (κ1) is 17.5. The highest BCUT2D eigenvalue weighted by Crippen LogP contribution is 2.25. The summed E-state index contributed by atoms with van der Waals surface area (Å²) in [4.78, 5) is 27.8. The maximum Gasteiger partial charge on any atom is 0.265 e. The van der Waals surface area contributed by atoms with E-state index >= 15 is 0 Å². The van der Waals surface area contributed by atoms with E-state index in [1.165, 1.54) is 23.5 Å². The molecule has 5 nitrogen and oxygen atoms in total. The molecule has 0 aliphatic carbocycles. The van der Waals surface area contributed by atoms with Crippen LogP contribution in [0, 0.1) is 5.82 Å². The number of amides is 2. The Bertz CT molecular complexity index is 757. The Hall–Kier alpha value is -2.28. The molecule has 1 aromatic carbocycles. The summed E-state index contributed by atoms with van der Waals surface area (Å²) in [5, 5.41) is 2.58. The van der Waals surface area contributed by atoms with Crippen molar-refractivity contribution in [1.82, 2.24) is 10.2 Å². The van der Waals surface area contributed by atoms with Gasteiger partial charge in [0.15, 0.2) is 5.11 Å². The van der Waals surface area contributed by atoms with Crippen molar-refractivity contribution < 1.29 is 14.0 Å². The topological polar surface area (TPSA) is 52.7 Å². The van der Waals surface area contributed by atoms with Gasteiger partial charge in [0.25, 0.3) is 11.8 Å². The Kier molecular flexibility index (Phi) is 5.13. The zero-order chi connectivity index (χ0) is 18.0. The number of likely N-dealkylation sites (N-methyl/N-ethyl adjacent to an activating group) is 1. The number of nitrogens with zero attached hydrogens (tertiary/aromatic N) is 2. The van der Waals surface area contributed by atoms with Gasteiger partial charge in [-0.2, -0.15) is 0 Å². The van der Waals surface area contributed by atoms with E-state index in [1.54, 1.807) is 19.1 Å². The molecular formula is C18H20FN3O2S. The molecule has 25 heavy (non-hydrogen) atoms. The Morgan fingerprint density at radius 2 is 1.96 bits per heavy atom. The maximum atomic E-state index is 14.5. The first-order valence-corrected chi connectivity index (χ1v) is 8.85. The van der Waals surface area contributed by atoms with Crippen molar-refractivity contribution in [2.45, 2.75) is 26.2 Å². The van der Waals surface area contributed by atoms with Crippen LogP contribution in [0.4, 0.5) is 10.1 Å². The van der Waals surface area contributed by atoms with Gasteiger partial charge in [0.05, 0.1) is 5.69 Å². The average Bonchev–Trinajstić information content (AvgIpc) is 2.60. The Balaban J connectivity index is 1.87. The van der Waals surface area contributed by atoms with Crippen LogP contribution in [0.3, 0.4) is 0 Å². The lowest BCUT2D eigenvalue weighted by molar-refractivity contribution is -0.128. The number of anilines is 1. The van der Waals surface area contributed by atoms with Gasteiger partial charge in [-0.3, -0.25) is 19.8 Å². The normalized spacial score (nSPS) is 20.2. The molecule has 0 atom stereocenters. The molecule has 0 unspecified atom stereocenters. The Morgan fingerprint density at radius 1 is 1.24 bits per heavy atom. The van der Waals surface area contributed by atoms with Crippen molar-refractivity contribution in [1.29, 1.82) is 0 Å². The fourth-order valence-electron chi connectivity index (χ4n) is 3.15. The van der Waals surface area contributed by atoms with Gasteiger partial charge in [0, 0.05) is 19.6 Å². The van der Waals surface area contributed by atoms with Gasteiger partial charge in [-0.15, -0.1) is 0 Å². The predicted molar refractivity (Wildman–Crippen MR) is 98.6 cm³/mol. The van der Waals surface area contributed by atoms with Gasteiger partial charge in [-0.05, 0) is 62.2 Å². The number of nitrogens with one attached hydrogen (secondary N) is 1. The van der Waals surface area contributed by atoms with Crippen LogP contribution in [-0.4, -0.2) is 41.5 Å². The number of hydrogen-bond acceptors (Lipinski definition) is 4. The third-order valence-electron chi connectivity index (χ3n) is 4.48. The van der Waals surface area contributed by atoms with Gasteiger partial charge in [0.2, 0.25) is 0 Å². The summed E-state index contributed by atoms with van der Waals surface area (Å²) in [6.45, 7) is 3.83. The van der Waals surface area contributed by atoms with Crippen LogP contribution < -0.4 is 10.2 Å².